The number of hydrogen-bond donors (Lipinski definition) is 0. The van der Waals surface area contributed by atoms with Crippen LogP contribution >= 0.6 is 0 Å². The Bertz CT molecular complexity index is 1210. The summed E-state index contributed by atoms with van der Waals surface area (Å²) in [7, 11) is 2.15. The van der Waals surface area contributed by atoms with Crippen molar-refractivity contribution in [1.29, 1.82) is 0 Å². The van der Waals surface area contributed by atoms with E-state index in [-0.39, 0.29) is 5.89 Å². The van der Waals surface area contributed by atoms with Crippen LogP contribution < -0.4 is 4.90 Å². The van der Waals surface area contributed by atoms with Gasteiger partial charge in [-0.05, 0) is 36.9 Å². The summed E-state index contributed by atoms with van der Waals surface area (Å²) < 4.78 is 32.1. The molecule has 2 aromatic carbocycles. The van der Waals surface area contributed by atoms with Crippen LogP contribution in [0.5, 0.6) is 0 Å². The third-order valence-electron chi connectivity index (χ3n) is 5.72. The van der Waals surface area contributed by atoms with E-state index >= 15 is 0 Å². The van der Waals surface area contributed by atoms with Crippen LogP contribution in [0, 0.1) is 0 Å². The first-order chi connectivity index (χ1) is 16.0. The number of alkyl halides is 2. The van der Waals surface area contributed by atoms with Crippen LogP contribution in [0.1, 0.15) is 17.9 Å². The lowest BCUT2D eigenvalue weighted by Crippen LogP contribution is -2.44. The summed E-state index contributed by atoms with van der Waals surface area (Å²) in [6.45, 7) is 4.65. The molecule has 3 heterocycles. The zero-order valence-electron chi connectivity index (χ0n) is 18.1. The van der Waals surface area contributed by atoms with Gasteiger partial charge in [0, 0.05) is 43.0 Å². The van der Waals surface area contributed by atoms with Crippen molar-refractivity contribution in [3.05, 3.63) is 66.2 Å². The number of aromatic nitrogens is 5. The second kappa shape index (κ2) is 9.07. The number of benzene rings is 2. The van der Waals surface area contributed by atoms with Gasteiger partial charge in [0.2, 0.25) is 5.89 Å². The van der Waals surface area contributed by atoms with Crippen molar-refractivity contribution in [2.75, 3.05) is 38.1 Å². The molecule has 1 saturated heterocycles. The Labute approximate surface area is 189 Å². The Morgan fingerprint density at radius 3 is 2.45 bits per heavy atom. The first-order valence-electron chi connectivity index (χ1n) is 10.7. The van der Waals surface area contributed by atoms with E-state index in [0.717, 1.165) is 43.0 Å². The molecule has 1 fully saturated rings. The number of nitrogens with zero attached hydrogens (tertiary/aromatic N) is 7. The fraction of sp³-hybridized carbons (Fsp3) is 0.304. The fourth-order valence-electron chi connectivity index (χ4n) is 3.81. The molecule has 1 aliphatic heterocycles. The average Bonchev–Trinajstić information content (AvgIpc) is 3.51. The maximum atomic E-state index is 12.6. The monoisotopic (exact) mass is 451 g/mol. The third-order valence-corrected chi connectivity index (χ3v) is 5.72. The molecule has 33 heavy (non-hydrogen) atoms. The third kappa shape index (κ3) is 4.75. The maximum absolute atomic E-state index is 12.6. The highest BCUT2D eigenvalue weighted by Gasteiger charge is 2.17. The SMILES string of the molecule is CN1CCN(c2cccc(-c3cn(Cc4ccc(-c5nnc(C(F)F)o5)cc4)nn3)c2)CC1. The Hall–Kier alpha value is -3.66. The molecule has 0 amide bonds. The lowest BCUT2D eigenvalue weighted by Gasteiger charge is -2.34. The zero-order valence-corrected chi connectivity index (χ0v) is 18.1. The molecule has 2 aromatic heterocycles. The summed E-state index contributed by atoms with van der Waals surface area (Å²) in [5.74, 6) is -0.610. The quantitative estimate of drug-likeness (QED) is 0.442. The first kappa shape index (κ1) is 21.2. The molecular weight excluding hydrogens is 428 g/mol. The van der Waals surface area contributed by atoms with Gasteiger partial charge in [-0.25, -0.2) is 4.68 Å². The largest absolute Gasteiger partial charge is 0.415 e. The molecule has 0 unspecified atom stereocenters. The van der Waals surface area contributed by atoms with Crippen molar-refractivity contribution in [3.63, 3.8) is 0 Å². The van der Waals surface area contributed by atoms with Crippen LogP contribution in [-0.4, -0.2) is 63.3 Å². The number of hydrogen-bond acceptors (Lipinski definition) is 7. The Morgan fingerprint density at radius 2 is 1.73 bits per heavy atom. The predicted octanol–water partition coefficient (Wildman–Crippen LogP) is 3.73. The molecule has 0 aliphatic carbocycles. The molecule has 10 heteroatoms. The molecule has 0 bridgehead atoms. The van der Waals surface area contributed by atoms with E-state index in [4.69, 9.17) is 4.42 Å². The summed E-state index contributed by atoms with van der Waals surface area (Å²) in [5.41, 5.74) is 4.60. The first-order valence-corrected chi connectivity index (χ1v) is 10.7. The molecule has 170 valence electrons. The van der Waals surface area contributed by atoms with Gasteiger partial charge in [-0.3, -0.25) is 0 Å². The van der Waals surface area contributed by atoms with Gasteiger partial charge in [0.25, 0.3) is 5.89 Å². The Balaban J connectivity index is 1.27. The van der Waals surface area contributed by atoms with Crippen molar-refractivity contribution < 1.29 is 13.2 Å². The summed E-state index contributed by atoms with van der Waals surface area (Å²) in [5, 5.41) is 15.6. The van der Waals surface area contributed by atoms with Crippen molar-refractivity contribution in [2.24, 2.45) is 0 Å². The minimum atomic E-state index is -2.78. The summed E-state index contributed by atoms with van der Waals surface area (Å²) >= 11 is 0. The highest BCUT2D eigenvalue weighted by Crippen LogP contribution is 2.25. The molecule has 0 spiro atoms. The summed E-state index contributed by atoms with van der Waals surface area (Å²) in [4.78, 5) is 4.73. The van der Waals surface area contributed by atoms with E-state index < -0.39 is 12.3 Å². The summed E-state index contributed by atoms with van der Waals surface area (Å²) in [6.07, 6.45) is -0.863. The van der Waals surface area contributed by atoms with Gasteiger partial charge >= 0.3 is 6.43 Å². The van der Waals surface area contributed by atoms with Gasteiger partial charge in [-0.1, -0.05) is 29.5 Å². The van der Waals surface area contributed by atoms with Crippen LogP contribution in [0.2, 0.25) is 0 Å². The van der Waals surface area contributed by atoms with Crippen molar-refractivity contribution >= 4 is 5.69 Å². The second-order valence-electron chi connectivity index (χ2n) is 8.09. The maximum Gasteiger partial charge on any atom is 0.314 e. The molecule has 4 aromatic rings. The molecule has 5 rings (SSSR count). The van der Waals surface area contributed by atoms with Crippen LogP contribution in [0.15, 0.2) is 59.1 Å². The number of rotatable bonds is 6. The van der Waals surface area contributed by atoms with E-state index in [0.29, 0.717) is 12.1 Å². The molecule has 8 nitrogen and oxygen atoms in total. The van der Waals surface area contributed by atoms with Gasteiger partial charge < -0.3 is 14.2 Å². The highest BCUT2D eigenvalue weighted by atomic mass is 19.3. The zero-order chi connectivity index (χ0) is 22.8. The predicted molar refractivity (Wildman–Crippen MR) is 119 cm³/mol. The molecule has 0 N–H and O–H groups in total. The molecule has 0 radical (unpaired) electrons. The number of likely N-dealkylation sites (N-methyl/N-ethyl adjacent to an activating group) is 1. The standard InChI is InChI=1S/C23H23F2N7O/c1-30-9-11-31(12-10-30)19-4-2-3-18(13-19)20-15-32(29-26-20)14-16-5-7-17(8-6-16)22-27-28-23(33-22)21(24)25/h2-8,13,15,21H,9-12,14H2,1H3. The van der Waals surface area contributed by atoms with Crippen LogP contribution in [0.4, 0.5) is 14.5 Å². The van der Waals surface area contributed by atoms with Gasteiger partial charge in [0.05, 0.1) is 12.7 Å². The average molecular weight is 451 g/mol. The smallest absolute Gasteiger partial charge is 0.314 e. The van der Waals surface area contributed by atoms with E-state index in [1.165, 1.54) is 5.69 Å². The van der Waals surface area contributed by atoms with E-state index in [2.05, 4.69) is 55.6 Å². The molecular formula is C23H23F2N7O. The van der Waals surface area contributed by atoms with Crippen molar-refractivity contribution in [3.8, 4) is 22.7 Å². The number of halogens is 2. The minimum absolute atomic E-state index is 0.0696. The minimum Gasteiger partial charge on any atom is -0.415 e. The number of anilines is 1. The van der Waals surface area contributed by atoms with Crippen molar-refractivity contribution in [2.45, 2.75) is 13.0 Å². The normalized spacial score (nSPS) is 14.8. The Morgan fingerprint density at radius 1 is 0.939 bits per heavy atom. The second-order valence-corrected chi connectivity index (χ2v) is 8.09. The molecule has 0 atom stereocenters. The highest BCUT2D eigenvalue weighted by molar-refractivity contribution is 5.65. The number of piperazine rings is 1. The van der Waals surface area contributed by atoms with E-state index in [9.17, 15) is 8.78 Å². The van der Waals surface area contributed by atoms with Gasteiger partial charge in [-0.2, -0.15) is 8.78 Å². The lowest BCUT2D eigenvalue weighted by atomic mass is 10.1. The van der Waals surface area contributed by atoms with E-state index in [1.54, 1.807) is 16.8 Å². The summed E-state index contributed by atoms with van der Waals surface area (Å²) in [6, 6.07) is 15.7. The van der Waals surface area contributed by atoms with Gasteiger partial charge in [0.15, 0.2) is 0 Å². The molecule has 1 aliphatic rings. The van der Waals surface area contributed by atoms with E-state index in [1.807, 2.05) is 24.4 Å². The Kier molecular flexibility index (Phi) is 5.82. The van der Waals surface area contributed by atoms with Crippen molar-refractivity contribution in [1.82, 2.24) is 30.1 Å². The van der Waals surface area contributed by atoms with Gasteiger partial charge in [-0.15, -0.1) is 15.3 Å². The topological polar surface area (TPSA) is 76.1 Å². The fourth-order valence-corrected chi connectivity index (χ4v) is 3.81. The van der Waals surface area contributed by atoms with Gasteiger partial charge in [0.1, 0.15) is 5.69 Å². The van der Waals surface area contributed by atoms with Crippen LogP contribution in [0.3, 0.4) is 0 Å². The van der Waals surface area contributed by atoms with Crippen LogP contribution in [-0.2, 0) is 6.54 Å². The van der Waals surface area contributed by atoms with Crippen LogP contribution in [0.25, 0.3) is 22.7 Å². The lowest BCUT2D eigenvalue weighted by molar-refractivity contribution is 0.116. The molecule has 0 saturated carbocycles.